The van der Waals surface area contributed by atoms with Gasteiger partial charge in [-0.3, -0.25) is 4.90 Å². The first kappa shape index (κ1) is 13.9. The lowest BCUT2D eigenvalue weighted by molar-refractivity contribution is -0.138. The van der Waals surface area contributed by atoms with Gasteiger partial charge in [0.15, 0.2) is 0 Å². The number of carbonyl (C=O) groups excluding carboxylic acids is 1. The van der Waals surface area contributed by atoms with Gasteiger partial charge in [0, 0.05) is 24.7 Å². The van der Waals surface area contributed by atoms with E-state index in [1.807, 2.05) is 29.2 Å². The zero-order chi connectivity index (χ0) is 15.0. The summed E-state index contributed by atoms with van der Waals surface area (Å²) in [6.07, 6.45) is 3.31. The van der Waals surface area contributed by atoms with Gasteiger partial charge < -0.3 is 10.0 Å². The molecule has 0 saturated carbocycles. The van der Waals surface area contributed by atoms with Gasteiger partial charge >= 0.3 is 12.0 Å². The van der Waals surface area contributed by atoms with Gasteiger partial charge in [-0.15, -0.1) is 0 Å². The van der Waals surface area contributed by atoms with Gasteiger partial charge in [-0.05, 0) is 30.9 Å². The van der Waals surface area contributed by atoms with Gasteiger partial charge in [-0.2, -0.15) is 0 Å². The van der Waals surface area contributed by atoms with Crippen molar-refractivity contribution in [2.75, 3.05) is 11.4 Å². The van der Waals surface area contributed by atoms with Gasteiger partial charge in [-0.1, -0.05) is 25.1 Å². The molecular formula is C16H20N2O3. The van der Waals surface area contributed by atoms with Gasteiger partial charge in [0.2, 0.25) is 0 Å². The van der Waals surface area contributed by atoms with E-state index in [2.05, 4.69) is 6.92 Å². The van der Waals surface area contributed by atoms with Gasteiger partial charge in [0.25, 0.3) is 0 Å². The number of likely N-dealkylation sites (tertiary alicyclic amines) is 1. The van der Waals surface area contributed by atoms with Crippen LogP contribution in [0.2, 0.25) is 0 Å². The Balaban J connectivity index is 1.94. The van der Waals surface area contributed by atoms with Crippen LogP contribution in [0.5, 0.6) is 0 Å². The summed E-state index contributed by atoms with van der Waals surface area (Å²) in [5.74, 6) is -0.938. The average molecular weight is 288 g/mol. The molecule has 2 aliphatic heterocycles. The normalized spacial score (nSPS) is 24.2. The zero-order valence-electron chi connectivity index (χ0n) is 12.2. The van der Waals surface area contributed by atoms with Crippen LogP contribution in [0.25, 0.3) is 0 Å². The van der Waals surface area contributed by atoms with Crippen LogP contribution in [0.15, 0.2) is 24.3 Å². The van der Waals surface area contributed by atoms with E-state index in [0.717, 1.165) is 37.1 Å². The molecule has 112 valence electrons. The number of para-hydroxylation sites is 1. The number of hydrogen-bond acceptors (Lipinski definition) is 2. The van der Waals surface area contributed by atoms with E-state index in [-0.39, 0.29) is 12.1 Å². The van der Waals surface area contributed by atoms with Crippen molar-refractivity contribution in [3.63, 3.8) is 0 Å². The molecule has 2 amide bonds. The van der Waals surface area contributed by atoms with Crippen LogP contribution < -0.4 is 4.90 Å². The molecular weight excluding hydrogens is 268 g/mol. The third kappa shape index (κ3) is 2.26. The molecule has 0 aromatic heterocycles. The van der Waals surface area contributed by atoms with E-state index >= 15 is 0 Å². The Hall–Kier alpha value is -2.04. The van der Waals surface area contributed by atoms with Crippen molar-refractivity contribution in [2.45, 2.75) is 44.7 Å². The first-order valence-corrected chi connectivity index (χ1v) is 7.54. The highest BCUT2D eigenvalue weighted by atomic mass is 16.4. The molecule has 1 fully saturated rings. The number of carboxylic acids is 1. The van der Waals surface area contributed by atoms with Crippen molar-refractivity contribution < 1.29 is 14.7 Å². The molecule has 1 aromatic carbocycles. The quantitative estimate of drug-likeness (QED) is 0.909. The SMILES string of the molecule is CCC1CCCN1C(=O)N1c2ccccc2CC1C(=O)O. The van der Waals surface area contributed by atoms with Crippen LogP contribution in [0.1, 0.15) is 31.7 Å². The Morgan fingerprint density at radius 3 is 2.81 bits per heavy atom. The Bertz CT molecular complexity index is 572. The van der Waals surface area contributed by atoms with E-state index in [9.17, 15) is 14.7 Å². The second kappa shape index (κ2) is 5.39. The molecule has 0 spiro atoms. The smallest absolute Gasteiger partial charge is 0.327 e. The summed E-state index contributed by atoms with van der Waals surface area (Å²) < 4.78 is 0. The fraction of sp³-hybridized carbons (Fsp3) is 0.500. The molecule has 5 heteroatoms. The minimum Gasteiger partial charge on any atom is -0.480 e. The highest BCUT2D eigenvalue weighted by molar-refractivity contribution is 6.01. The fourth-order valence-electron chi connectivity index (χ4n) is 3.47. The Labute approximate surface area is 124 Å². The number of hydrogen-bond donors (Lipinski definition) is 1. The van der Waals surface area contributed by atoms with E-state index in [1.54, 1.807) is 0 Å². The maximum atomic E-state index is 12.9. The molecule has 21 heavy (non-hydrogen) atoms. The molecule has 1 aromatic rings. The van der Waals surface area contributed by atoms with Crippen molar-refractivity contribution in [1.82, 2.24) is 4.90 Å². The predicted molar refractivity (Wildman–Crippen MR) is 79.5 cm³/mol. The highest BCUT2D eigenvalue weighted by Crippen LogP contribution is 2.34. The average Bonchev–Trinajstić information content (AvgIpc) is 3.10. The lowest BCUT2D eigenvalue weighted by Gasteiger charge is -2.31. The standard InChI is InChI=1S/C16H20N2O3/c1-2-12-7-5-9-17(12)16(21)18-13-8-4-3-6-11(13)10-14(18)15(19)20/h3-4,6,8,12,14H,2,5,7,9-10H2,1H3,(H,19,20). The van der Waals surface area contributed by atoms with Crippen molar-refractivity contribution in [3.8, 4) is 0 Å². The molecule has 0 radical (unpaired) electrons. The zero-order valence-corrected chi connectivity index (χ0v) is 12.2. The summed E-state index contributed by atoms with van der Waals surface area (Å²) >= 11 is 0. The number of amides is 2. The second-order valence-corrected chi connectivity index (χ2v) is 5.74. The van der Waals surface area contributed by atoms with Crippen molar-refractivity contribution in [1.29, 1.82) is 0 Å². The summed E-state index contributed by atoms with van der Waals surface area (Å²) in [5.41, 5.74) is 1.68. The Kier molecular flexibility index (Phi) is 3.57. The predicted octanol–water partition coefficient (Wildman–Crippen LogP) is 2.50. The van der Waals surface area contributed by atoms with Gasteiger partial charge in [-0.25, -0.2) is 9.59 Å². The molecule has 3 rings (SSSR count). The minimum absolute atomic E-state index is 0.156. The minimum atomic E-state index is -0.938. The highest BCUT2D eigenvalue weighted by Gasteiger charge is 2.42. The van der Waals surface area contributed by atoms with Gasteiger partial charge in [0.1, 0.15) is 6.04 Å². The molecule has 2 atom stereocenters. The Morgan fingerprint density at radius 2 is 2.10 bits per heavy atom. The number of nitrogens with zero attached hydrogens (tertiary/aromatic N) is 2. The lowest BCUT2D eigenvalue weighted by Crippen LogP contribution is -2.51. The van der Waals surface area contributed by atoms with Gasteiger partial charge in [0.05, 0.1) is 0 Å². The molecule has 2 heterocycles. The summed E-state index contributed by atoms with van der Waals surface area (Å²) in [7, 11) is 0. The lowest BCUT2D eigenvalue weighted by atomic mass is 10.1. The molecule has 0 aliphatic carbocycles. The van der Waals surface area contributed by atoms with Crippen LogP contribution in [0.4, 0.5) is 10.5 Å². The van der Waals surface area contributed by atoms with Crippen LogP contribution in [-0.2, 0) is 11.2 Å². The van der Waals surface area contributed by atoms with E-state index < -0.39 is 12.0 Å². The maximum Gasteiger partial charge on any atom is 0.327 e. The maximum absolute atomic E-state index is 12.9. The molecule has 2 aliphatic rings. The topological polar surface area (TPSA) is 60.9 Å². The Morgan fingerprint density at radius 1 is 1.33 bits per heavy atom. The number of carbonyl (C=O) groups is 2. The van der Waals surface area contributed by atoms with Crippen LogP contribution in [0, 0.1) is 0 Å². The summed E-state index contributed by atoms with van der Waals surface area (Å²) in [4.78, 5) is 27.7. The van der Waals surface area contributed by atoms with E-state index in [4.69, 9.17) is 0 Å². The van der Waals surface area contributed by atoms with Crippen molar-refractivity contribution >= 4 is 17.7 Å². The number of rotatable bonds is 2. The first-order chi connectivity index (χ1) is 10.1. The number of benzene rings is 1. The van der Waals surface area contributed by atoms with E-state index in [0.29, 0.717) is 6.42 Å². The molecule has 0 bridgehead atoms. The number of urea groups is 1. The van der Waals surface area contributed by atoms with E-state index in [1.165, 1.54) is 4.90 Å². The summed E-state index contributed by atoms with van der Waals surface area (Å²) in [6, 6.07) is 6.78. The third-order valence-electron chi connectivity index (χ3n) is 4.56. The van der Waals surface area contributed by atoms with Crippen LogP contribution >= 0.6 is 0 Å². The number of anilines is 1. The van der Waals surface area contributed by atoms with Crippen molar-refractivity contribution in [3.05, 3.63) is 29.8 Å². The molecule has 5 nitrogen and oxygen atoms in total. The number of fused-ring (bicyclic) bond motifs is 1. The fourth-order valence-corrected chi connectivity index (χ4v) is 3.47. The summed E-state index contributed by atoms with van der Waals surface area (Å²) in [5, 5.41) is 9.46. The number of carboxylic acid groups (broad SMARTS) is 1. The molecule has 2 unspecified atom stereocenters. The van der Waals surface area contributed by atoms with Crippen molar-refractivity contribution in [2.24, 2.45) is 0 Å². The monoisotopic (exact) mass is 288 g/mol. The molecule has 1 saturated heterocycles. The third-order valence-corrected chi connectivity index (χ3v) is 4.56. The first-order valence-electron chi connectivity index (χ1n) is 7.54. The number of aliphatic carboxylic acids is 1. The second-order valence-electron chi connectivity index (χ2n) is 5.74. The van der Waals surface area contributed by atoms with Crippen LogP contribution in [-0.4, -0.2) is 40.6 Å². The largest absolute Gasteiger partial charge is 0.480 e. The van der Waals surface area contributed by atoms with Crippen LogP contribution in [0.3, 0.4) is 0 Å². The molecule has 1 N–H and O–H groups in total. The summed E-state index contributed by atoms with van der Waals surface area (Å²) in [6.45, 7) is 2.80.